The molecule has 0 aromatic heterocycles. The first kappa shape index (κ1) is 9.69. The Morgan fingerprint density at radius 2 is 1.93 bits per heavy atom. The molecule has 0 fully saturated rings. The van der Waals surface area contributed by atoms with Crippen LogP contribution in [0.5, 0.6) is 0 Å². The van der Waals surface area contributed by atoms with Crippen molar-refractivity contribution in [2.75, 3.05) is 6.73 Å². The van der Waals surface area contributed by atoms with Crippen LogP contribution in [0.3, 0.4) is 0 Å². The van der Waals surface area contributed by atoms with Gasteiger partial charge in [0.05, 0.1) is 6.73 Å². The Bertz CT molecular complexity index is 309. The van der Waals surface area contributed by atoms with Gasteiger partial charge in [0.25, 0.3) is 0 Å². The lowest BCUT2D eigenvalue weighted by Gasteiger charge is -2.16. The minimum atomic E-state index is 0.0527. The zero-order chi connectivity index (χ0) is 9.80. The maximum Gasteiger partial charge on any atom is 0.0934 e. The van der Waals surface area contributed by atoms with E-state index < -0.39 is 0 Å². The first-order valence-corrected chi connectivity index (χ1v) is 5.32. The zero-order valence-corrected chi connectivity index (χ0v) is 8.42. The van der Waals surface area contributed by atoms with E-state index in [0.717, 1.165) is 6.54 Å². The maximum absolute atomic E-state index is 8.65. The summed E-state index contributed by atoms with van der Waals surface area (Å²) in [7, 11) is 0. The molecule has 2 rings (SSSR count). The molecule has 2 N–H and O–H groups in total. The van der Waals surface area contributed by atoms with E-state index >= 15 is 0 Å². The SMILES string of the molecule is OCNCc1ccc2c(c1)CCCC2. The molecule has 14 heavy (non-hydrogen) atoms. The minimum Gasteiger partial charge on any atom is -0.381 e. The molecule has 0 unspecified atom stereocenters. The van der Waals surface area contributed by atoms with Gasteiger partial charge in [-0.3, -0.25) is 5.32 Å². The van der Waals surface area contributed by atoms with Crippen molar-refractivity contribution in [2.24, 2.45) is 0 Å². The highest BCUT2D eigenvalue weighted by molar-refractivity contribution is 5.33. The summed E-state index contributed by atoms with van der Waals surface area (Å²) in [6.07, 6.45) is 5.12. The van der Waals surface area contributed by atoms with E-state index in [1.165, 1.54) is 42.4 Å². The molecule has 0 amide bonds. The second kappa shape index (κ2) is 4.58. The van der Waals surface area contributed by atoms with Crippen molar-refractivity contribution in [1.29, 1.82) is 0 Å². The van der Waals surface area contributed by atoms with Gasteiger partial charge in [-0.2, -0.15) is 0 Å². The molecular weight excluding hydrogens is 174 g/mol. The maximum atomic E-state index is 8.65. The normalized spacial score (nSPS) is 15.2. The molecule has 0 saturated heterocycles. The lowest BCUT2D eigenvalue weighted by atomic mass is 9.90. The molecule has 0 bridgehead atoms. The van der Waals surface area contributed by atoms with Gasteiger partial charge in [0.2, 0.25) is 0 Å². The number of nitrogens with one attached hydrogen (secondary N) is 1. The van der Waals surface area contributed by atoms with Crippen LogP contribution in [0, 0.1) is 0 Å². The molecule has 1 aliphatic carbocycles. The summed E-state index contributed by atoms with van der Waals surface area (Å²) in [4.78, 5) is 0. The minimum absolute atomic E-state index is 0.0527. The van der Waals surface area contributed by atoms with Crippen LogP contribution < -0.4 is 5.32 Å². The van der Waals surface area contributed by atoms with Crippen molar-refractivity contribution in [2.45, 2.75) is 32.2 Å². The standard InChI is InChI=1S/C12H17NO/c14-9-13-8-10-5-6-11-3-1-2-4-12(11)7-10/h5-7,13-14H,1-4,8-9H2. The third kappa shape index (κ3) is 2.14. The van der Waals surface area contributed by atoms with Gasteiger partial charge in [-0.15, -0.1) is 0 Å². The monoisotopic (exact) mass is 191 g/mol. The molecule has 0 saturated carbocycles. The van der Waals surface area contributed by atoms with Crippen LogP contribution in [-0.4, -0.2) is 11.8 Å². The Labute approximate surface area is 85.0 Å². The van der Waals surface area contributed by atoms with Crippen LogP contribution in [0.2, 0.25) is 0 Å². The Morgan fingerprint density at radius 3 is 2.71 bits per heavy atom. The molecule has 0 radical (unpaired) electrons. The van der Waals surface area contributed by atoms with Crippen molar-refractivity contribution in [3.63, 3.8) is 0 Å². The number of aliphatic hydroxyl groups excluding tert-OH is 1. The topological polar surface area (TPSA) is 32.3 Å². The van der Waals surface area contributed by atoms with Crippen LogP contribution in [0.25, 0.3) is 0 Å². The van der Waals surface area contributed by atoms with Crippen LogP contribution >= 0.6 is 0 Å². The number of aliphatic hydroxyl groups is 1. The van der Waals surface area contributed by atoms with Crippen LogP contribution in [0.15, 0.2) is 18.2 Å². The van der Waals surface area contributed by atoms with Gasteiger partial charge in [-0.05, 0) is 42.4 Å². The van der Waals surface area contributed by atoms with Crippen LogP contribution in [0.4, 0.5) is 0 Å². The first-order chi connectivity index (χ1) is 6.90. The predicted octanol–water partition coefficient (Wildman–Crippen LogP) is 1.60. The average Bonchev–Trinajstić information content (AvgIpc) is 2.26. The predicted molar refractivity (Wildman–Crippen MR) is 57.0 cm³/mol. The number of rotatable bonds is 3. The lowest BCUT2D eigenvalue weighted by molar-refractivity contribution is 0.259. The van der Waals surface area contributed by atoms with E-state index in [9.17, 15) is 0 Å². The van der Waals surface area contributed by atoms with Gasteiger partial charge in [0, 0.05) is 6.54 Å². The molecule has 0 aliphatic heterocycles. The first-order valence-electron chi connectivity index (χ1n) is 5.32. The average molecular weight is 191 g/mol. The molecule has 0 heterocycles. The largest absolute Gasteiger partial charge is 0.381 e. The van der Waals surface area contributed by atoms with E-state index in [1.54, 1.807) is 0 Å². The van der Waals surface area contributed by atoms with E-state index in [2.05, 4.69) is 23.5 Å². The number of hydrogen-bond acceptors (Lipinski definition) is 2. The Morgan fingerprint density at radius 1 is 1.14 bits per heavy atom. The summed E-state index contributed by atoms with van der Waals surface area (Å²) in [5.74, 6) is 0. The van der Waals surface area contributed by atoms with Crippen molar-refractivity contribution in [3.8, 4) is 0 Å². The number of hydrogen-bond donors (Lipinski definition) is 2. The van der Waals surface area contributed by atoms with Crippen molar-refractivity contribution in [1.82, 2.24) is 5.32 Å². The summed E-state index contributed by atoms with van der Waals surface area (Å²) >= 11 is 0. The lowest BCUT2D eigenvalue weighted by Crippen LogP contribution is -2.14. The Kier molecular flexibility index (Phi) is 3.17. The number of benzene rings is 1. The van der Waals surface area contributed by atoms with E-state index in [0.29, 0.717) is 0 Å². The highest BCUT2D eigenvalue weighted by Gasteiger charge is 2.08. The highest BCUT2D eigenvalue weighted by Crippen LogP contribution is 2.21. The Hall–Kier alpha value is -0.860. The summed E-state index contributed by atoms with van der Waals surface area (Å²) < 4.78 is 0. The number of aryl methyl sites for hydroxylation is 2. The summed E-state index contributed by atoms with van der Waals surface area (Å²) in [5, 5.41) is 11.6. The summed E-state index contributed by atoms with van der Waals surface area (Å²) in [5.41, 5.74) is 4.30. The smallest absolute Gasteiger partial charge is 0.0934 e. The highest BCUT2D eigenvalue weighted by atomic mass is 16.3. The molecule has 2 nitrogen and oxygen atoms in total. The molecule has 1 aliphatic rings. The van der Waals surface area contributed by atoms with E-state index in [1.807, 2.05) is 0 Å². The fraction of sp³-hybridized carbons (Fsp3) is 0.500. The van der Waals surface area contributed by atoms with Gasteiger partial charge in [-0.25, -0.2) is 0 Å². The molecule has 2 heteroatoms. The third-order valence-corrected chi connectivity index (χ3v) is 2.85. The van der Waals surface area contributed by atoms with Crippen LogP contribution in [0.1, 0.15) is 29.5 Å². The Balaban J connectivity index is 2.12. The van der Waals surface area contributed by atoms with Gasteiger partial charge in [0.15, 0.2) is 0 Å². The fourth-order valence-corrected chi connectivity index (χ4v) is 2.10. The molecule has 0 spiro atoms. The second-order valence-electron chi connectivity index (χ2n) is 3.90. The summed E-state index contributed by atoms with van der Waals surface area (Å²) in [6, 6.07) is 6.67. The molecule has 1 aromatic rings. The molecule has 0 atom stereocenters. The van der Waals surface area contributed by atoms with Gasteiger partial charge < -0.3 is 5.11 Å². The zero-order valence-electron chi connectivity index (χ0n) is 8.42. The third-order valence-electron chi connectivity index (χ3n) is 2.85. The second-order valence-corrected chi connectivity index (χ2v) is 3.90. The van der Waals surface area contributed by atoms with Gasteiger partial charge in [0.1, 0.15) is 0 Å². The quantitative estimate of drug-likeness (QED) is 0.711. The van der Waals surface area contributed by atoms with Crippen molar-refractivity contribution < 1.29 is 5.11 Å². The summed E-state index contributed by atoms with van der Waals surface area (Å²) in [6.45, 7) is 0.820. The number of fused-ring (bicyclic) bond motifs is 1. The van der Waals surface area contributed by atoms with Gasteiger partial charge >= 0.3 is 0 Å². The van der Waals surface area contributed by atoms with E-state index in [-0.39, 0.29) is 6.73 Å². The fourth-order valence-electron chi connectivity index (χ4n) is 2.10. The van der Waals surface area contributed by atoms with Crippen molar-refractivity contribution >= 4 is 0 Å². The van der Waals surface area contributed by atoms with Gasteiger partial charge in [-0.1, -0.05) is 18.2 Å². The van der Waals surface area contributed by atoms with Crippen LogP contribution in [-0.2, 0) is 19.4 Å². The molecule has 1 aromatic carbocycles. The molecular formula is C12H17NO. The van der Waals surface area contributed by atoms with E-state index in [4.69, 9.17) is 5.11 Å². The molecule has 76 valence electrons. The van der Waals surface area contributed by atoms with Crippen molar-refractivity contribution in [3.05, 3.63) is 34.9 Å².